The number of aryl methyl sites for hydroxylation is 2. The third-order valence-corrected chi connectivity index (χ3v) is 11.8. The van der Waals surface area contributed by atoms with E-state index in [2.05, 4.69) is 26.7 Å². The van der Waals surface area contributed by atoms with Crippen LogP contribution >= 0.6 is 0 Å². The number of carbonyl (C=O) groups is 1. The first-order chi connectivity index (χ1) is 20.7. The van der Waals surface area contributed by atoms with Crippen LogP contribution in [0.4, 0.5) is 5.69 Å². The van der Waals surface area contributed by atoms with Crippen LogP contribution in [0.2, 0.25) is 0 Å². The van der Waals surface area contributed by atoms with Crippen LogP contribution < -0.4 is 14.4 Å². The number of methoxy groups -OCH3 is 1. The molecule has 1 spiro atoms. The number of anilines is 1. The lowest BCUT2D eigenvalue weighted by Crippen LogP contribution is -2.48. The summed E-state index contributed by atoms with van der Waals surface area (Å²) in [5.41, 5.74) is 5.47. The normalized spacial score (nSPS) is 20.1. The summed E-state index contributed by atoms with van der Waals surface area (Å²) in [6.45, 7) is 7.17. The van der Waals surface area contributed by atoms with E-state index in [1.54, 1.807) is 33.1 Å². The highest BCUT2D eigenvalue weighted by Crippen LogP contribution is 2.42. The molecule has 3 aromatic rings. The summed E-state index contributed by atoms with van der Waals surface area (Å²) in [6, 6.07) is 13.2. The summed E-state index contributed by atoms with van der Waals surface area (Å²) in [4.78, 5) is 22.6. The number of rotatable bonds is 6. The van der Waals surface area contributed by atoms with Crippen molar-refractivity contribution in [2.75, 3.05) is 38.2 Å². The molecule has 2 aliphatic heterocycles. The van der Waals surface area contributed by atoms with Gasteiger partial charge in [-0.05, 0) is 111 Å². The molecule has 0 radical (unpaired) electrons. The molecule has 1 atom stereocenters. The van der Waals surface area contributed by atoms with Crippen LogP contribution in [0.1, 0.15) is 77.2 Å². The van der Waals surface area contributed by atoms with E-state index < -0.39 is 10.0 Å². The van der Waals surface area contributed by atoms with Crippen molar-refractivity contribution >= 4 is 21.6 Å². The third-order valence-electron chi connectivity index (χ3n) is 10.0. The number of fused-ring (bicyclic) bond motifs is 1. The van der Waals surface area contributed by atoms with Gasteiger partial charge >= 0.3 is 0 Å². The van der Waals surface area contributed by atoms with Crippen molar-refractivity contribution in [2.24, 2.45) is 5.41 Å². The van der Waals surface area contributed by atoms with E-state index >= 15 is 0 Å². The molecule has 3 heterocycles. The first-order valence-corrected chi connectivity index (χ1v) is 16.9. The van der Waals surface area contributed by atoms with Crippen LogP contribution in [0.3, 0.4) is 0 Å². The zero-order valence-electron chi connectivity index (χ0n) is 25.4. The van der Waals surface area contributed by atoms with Crippen LogP contribution in [0, 0.1) is 19.3 Å². The van der Waals surface area contributed by atoms with Gasteiger partial charge in [0, 0.05) is 61.4 Å². The molecule has 43 heavy (non-hydrogen) atoms. The summed E-state index contributed by atoms with van der Waals surface area (Å²) in [5.74, 6) is 0.587. The van der Waals surface area contributed by atoms with Gasteiger partial charge in [-0.25, -0.2) is 13.1 Å². The molecule has 0 unspecified atom stereocenters. The Balaban J connectivity index is 1.14. The molecular weight excluding hydrogens is 560 g/mol. The number of carbonyl (C=O) groups excluding carboxylic acids is 1. The van der Waals surface area contributed by atoms with Crippen molar-refractivity contribution < 1.29 is 17.9 Å². The van der Waals surface area contributed by atoms with Crippen LogP contribution in [-0.2, 0) is 16.4 Å². The molecule has 1 amide bonds. The van der Waals surface area contributed by atoms with E-state index in [0.717, 1.165) is 75.8 Å². The van der Waals surface area contributed by atoms with Crippen LogP contribution in [0.5, 0.6) is 5.75 Å². The highest BCUT2D eigenvalue weighted by molar-refractivity contribution is 7.89. The van der Waals surface area contributed by atoms with E-state index in [4.69, 9.17) is 4.74 Å². The molecule has 2 fully saturated rings. The van der Waals surface area contributed by atoms with Crippen molar-refractivity contribution in [2.45, 2.75) is 69.7 Å². The fourth-order valence-corrected chi connectivity index (χ4v) is 9.14. The minimum Gasteiger partial charge on any atom is -0.496 e. The fourth-order valence-electron chi connectivity index (χ4n) is 7.41. The van der Waals surface area contributed by atoms with Crippen molar-refractivity contribution in [3.63, 3.8) is 0 Å². The average Bonchev–Trinajstić information content (AvgIpc) is 3.02. The quantitative estimate of drug-likeness (QED) is 0.396. The predicted octanol–water partition coefficient (Wildman–Crippen LogP) is 5.59. The van der Waals surface area contributed by atoms with Gasteiger partial charge in [-0.3, -0.25) is 9.78 Å². The number of benzene rings is 2. The number of nitrogens with one attached hydrogen (secondary N) is 1. The van der Waals surface area contributed by atoms with Gasteiger partial charge in [-0.2, -0.15) is 0 Å². The average molecular weight is 603 g/mol. The lowest BCUT2D eigenvalue weighted by Gasteiger charge is -2.47. The Morgan fingerprint density at radius 3 is 2.37 bits per heavy atom. The zero-order chi connectivity index (χ0) is 30.2. The minimum absolute atomic E-state index is 0.0403. The van der Waals surface area contributed by atoms with E-state index in [1.807, 2.05) is 35.5 Å². The second kappa shape index (κ2) is 11.9. The number of sulfonamides is 1. The van der Waals surface area contributed by atoms with Crippen LogP contribution in [-0.4, -0.2) is 57.5 Å². The molecule has 1 aliphatic carbocycles. The topological polar surface area (TPSA) is 91.8 Å². The standard InChI is InChI=1S/C34H42N4O4S/c1-24-7-10-31(42-3)25(2)32(24)43(40,41)36-30-6-4-5-26-8-9-27(23-29(26)30)33(39)38-21-15-34(16-22-38)13-19-37(20-14-34)28-11-17-35-18-12-28/h7-12,17-18,23,30,36H,4-6,13-16,19-22H2,1-3H3/t30-/m1/s1. The number of aromatic nitrogens is 1. The number of ether oxygens (including phenoxy) is 1. The summed E-state index contributed by atoms with van der Waals surface area (Å²) in [7, 11) is -2.27. The number of likely N-dealkylation sites (tertiary alicyclic amines) is 1. The maximum absolute atomic E-state index is 13.7. The van der Waals surface area contributed by atoms with Gasteiger partial charge in [0.1, 0.15) is 5.75 Å². The van der Waals surface area contributed by atoms with Crippen molar-refractivity contribution in [1.82, 2.24) is 14.6 Å². The Hall–Kier alpha value is -3.43. The first kappa shape index (κ1) is 29.6. The van der Waals surface area contributed by atoms with E-state index in [9.17, 15) is 13.2 Å². The van der Waals surface area contributed by atoms with Crippen molar-refractivity contribution in [3.05, 3.63) is 82.7 Å². The molecular formula is C34H42N4O4S. The highest BCUT2D eigenvalue weighted by atomic mass is 32.2. The maximum atomic E-state index is 13.7. The van der Waals surface area contributed by atoms with Gasteiger partial charge < -0.3 is 14.5 Å². The Morgan fingerprint density at radius 2 is 1.67 bits per heavy atom. The van der Waals surface area contributed by atoms with Gasteiger partial charge in [0.2, 0.25) is 10.0 Å². The first-order valence-electron chi connectivity index (χ1n) is 15.4. The van der Waals surface area contributed by atoms with Crippen molar-refractivity contribution in [1.29, 1.82) is 0 Å². The predicted molar refractivity (Wildman–Crippen MR) is 168 cm³/mol. The Bertz CT molecular complexity index is 1590. The van der Waals surface area contributed by atoms with Gasteiger partial charge in [-0.15, -0.1) is 0 Å². The molecule has 9 heteroatoms. The van der Waals surface area contributed by atoms with Crippen LogP contribution in [0.15, 0.2) is 59.8 Å². The summed E-state index contributed by atoms with van der Waals surface area (Å²) in [6.07, 6.45) is 10.5. The summed E-state index contributed by atoms with van der Waals surface area (Å²) < 4.78 is 35.8. The Kier molecular flexibility index (Phi) is 8.22. The Labute approximate surface area is 255 Å². The monoisotopic (exact) mass is 602 g/mol. The largest absolute Gasteiger partial charge is 0.496 e. The second-order valence-electron chi connectivity index (χ2n) is 12.5. The lowest BCUT2D eigenvalue weighted by molar-refractivity contribution is 0.0515. The number of amides is 1. The summed E-state index contributed by atoms with van der Waals surface area (Å²) >= 11 is 0. The lowest BCUT2D eigenvalue weighted by atomic mass is 9.71. The molecule has 1 aromatic heterocycles. The number of hydrogen-bond acceptors (Lipinski definition) is 6. The number of pyridine rings is 1. The minimum atomic E-state index is -3.82. The highest BCUT2D eigenvalue weighted by Gasteiger charge is 2.39. The van der Waals surface area contributed by atoms with E-state index in [-0.39, 0.29) is 16.8 Å². The van der Waals surface area contributed by atoms with Crippen molar-refractivity contribution in [3.8, 4) is 5.75 Å². The van der Waals surface area contributed by atoms with E-state index in [1.165, 1.54) is 5.69 Å². The van der Waals surface area contributed by atoms with Gasteiger partial charge in [-0.1, -0.05) is 12.1 Å². The molecule has 6 rings (SSSR count). The van der Waals surface area contributed by atoms with Gasteiger partial charge in [0.15, 0.2) is 0 Å². The van der Waals surface area contributed by atoms with E-state index in [0.29, 0.717) is 34.3 Å². The smallest absolute Gasteiger partial charge is 0.253 e. The number of hydrogen-bond donors (Lipinski definition) is 1. The summed E-state index contributed by atoms with van der Waals surface area (Å²) in [5, 5.41) is 0. The molecule has 3 aliphatic rings. The second-order valence-corrected chi connectivity index (χ2v) is 14.2. The SMILES string of the molecule is COc1ccc(C)c(S(=O)(=O)N[C@@H]2CCCc3ccc(C(=O)N4CCC5(CC4)CCN(c4ccncc4)CC5)cc32)c1C. The third kappa shape index (κ3) is 5.89. The number of piperidine rings is 2. The van der Waals surface area contributed by atoms with Gasteiger partial charge in [0.05, 0.1) is 12.0 Å². The van der Waals surface area contributed by atoms with Crippen LogP contribution in [0.25, 0.3) is 0 Å². The molecule has 0 bridgehead atoms. The fraction of sp³-hybridized carbons (Fsp3) is 0.471. The maximum Gasteiger partial charge on any atom is 0.253 e. The zero-order valence-corrected chi connectivity index (χ0v) is 26.3. The van der Waals surface area contributed by atoms with Gasteiger partial charge in [0.25, 0.3) is 5.91 Å². The molecule has 2 aromatic carbocycles. The number of nitrogens with zero attached hydrogens (tertiary/aromatic N) is 3. The molecule has 0 saturated carbocycles. The molecule has 8 nitrogen and oxygen atoms in total. The molecule has 228 valence electrons. The Morgan fingerprint density at radius 1 is 0.977 bits per heavy atom. The molecule has 2 saturated heterocycles. The molecule has 1 N–H and O–H groups in total.